The van der Waals surface area contributed by atoms with Crippen molar-refractivity contribution < 1.29 is 29.1 Å². The number of amides is 1. The topological polar surface area (TPSA) is 128 Å². The van der Waals surface area contributed by atoms with Crippen LogP contribution in [0.15, 0.2) is 66.7 Å². The van der Waals surface area contributed by atoms with E-state index in [4.69, 9.17) is 9.47 Å². The van der Waals surface area contributed by atoms with Gasteiger partial charge in [0, 0.05) is 11.6 Å². The summed E-state index contributed by atoms with van der Waals surface area (Å²) in [6.45, 7) is 0. The number of para-hydroxylation sites is 1. The highest BCUT2D eigenvalue weighted by molar-refractivity contribution is 6.08. The fourth-order valence-corrected chi connectivity index (χ4v) is 4.30. The first-order chi connectivity index (χ1) is 17.9. The lowest BCUT2D eigenvalue weighted by Gasteiger charge is -2.21. The summed E-state index contributed by atoms with van der Waals surface area (Å²) in [5, 5.41) is 23.5. The van der Waals surface area contributed by atoms with Crippen LogP contribution in [0, 0.1) is 10.1 Å². The summed E-state index contributed by atoms with van der Waals surface area (Å²) in [7, 11) is 0. The van der Waals surface area contributed by atoms with Crippen LogP contribution >= 0.6 is 0 Å². The van der Waals surface area contributed by atoms with Gasteiger partial charge in [-0.15, -0.1) is 0 Å². The first-order valence-electron chi connectivity index (χ1n) is 12.3. The Morgan fingerprint density at radius 3 is 2.22 bits per heavy atom. The third kappa shape index (κ3) is 6.84. The van der Waals surface area contributed by atoms with Crippen LogP contribution in [0.25, 0.3) is 0 Å². The van der Waals surface area contributed by atoms with Crippen molar-refractivity contribution in [1.82, 2.24) is 0 Å². The van der Waals surface area contributed by atoms with Crippen molar-refractivity contribution >= 4 is 23.3 Å². The molecular weight excluding hydrogens is 476 g/mol. The number of hydrogen-bond donors (Lipinski definition) is 2. The standard InChI is InChI=1S/C28H28N2O7/c31-27(29-24-11-7-6-10-23(24)28(32)33)19-12-17-26(25(18-19)30(34)35)37-22-15-13-21(14-16-22)36-20-8-4-2-1-3-5-9-20/h6-7,10-18,20H,1-5,8-9H2,(H,29,31)(H,32,33). The quantitative estimate of drug-likeness (QED) is 0.254. The lowest BCUT2D eigenvalue weighted by atomic mass is 9.98. The average molecular weight is 505 g/mol. The maximum absolute atomic E-state index is 12.7. The Bertz CT molecular complexity index is 1270. The minimum absolute atomic E-state index is 0.0119. The van der Waals surface area contributed by atoms with Gasteiger partial charge in [0.2, 0.25) is 5.75 Å². The van der Waals surface area contributed by atoms with Gasteiger partial charge in [-0.25, -0.2) is 4.79 Å². The number of nitrogens with zero attached hydrogens (tertiary/aromatic N) is 1. The highest BCUT2D eigenvalue weighted by atomic mass is 16.6. The summed E-state index contributed by atoms with van der Waals surface area (Å²) in [5.74, 6) is -0.797. The Kier molecular flexibility index (Phi) is 8.35. The SMILES string of the molecule is O=C(Nc1ccccc1C(=O)O)c1ccc(Oc2ccc(OC3CCCCCCC3)cc2)c([N+](=O)[O-])c1. The van der Waals surface area contributed by atoms with Crippen molar-refractivity contribution in [3.8, 4) is 17.2 Å². The molecule has 9 heteroatoms. The van der Waals surface area contributed by atoms with Gasteiger partial charge in [0.15, 0.2) is 0 Å². The van der Waals surface area contributed by atoms with E-state index in [1.807, 2.05) is 0 Å². The smallest absolute Gasteiger partial charge is 0.337 e. The van der Waals surface area contributed by atoms with Gasteiger partial charge in [0.25, 0.3) is 5.91 Å². The molecule has 0 radical (unpaired) electrons. The van der Waals surface area contributed by atoms with Gasteiger partial charge in [-0.3, -0.25) is 14.9 Å². The van der Waals surface area contributed by atoms with Crippen LogP contribution in [0.4, 0.5) is 11.4 Å². The van der Waals surface area contributed by atoms with Crippen molar-refractivity contribution in [2.24, 2.45) is 0 Å². The maximum atomic E-state index is 12.7. The highest BCUT2D eigenvalue weighted by Crippen LogP contribution is 2.33. The molecule has 1 fully saturated rings. The van der Waals surface area contributed by atoms with E-state index in [2.05, 4.69) is 5.32 Å². The molecule has 9 nitrogen and oxygen atoms in total. The second-order valence-electron chi connectivity index (χ2n) is 8.90. The highest BCUT2D eigenvalue weighted by Gasteiger charge is 2.21. The van der Waals surface area contributed by atoms with E-state index in [-0.39, 0.29) is 28.7 Å². The minimum Gasteiger partial charge on any atom is -0.490 e. The van der Waals surface area contributed by atoms with E-state index in [0.29, 0.717) is 5.75 Å². The van der Waals surface area contributed by atoms with E-state index in [0.717, 1.165) is 37.5 Å². The Labute approximate surface area is 214 Å². The fourth-order valence-electron chi connectivity index (χ4n) is 4.30. The molecular formula is C28H28N2O7. The van der Waals surface area contributed by atoms with Crippen LogP contribution in [0.2, 0.25) is 0 Å². The van der Waals surface area contributed by atoms with Crippen LogP contribution < -0.4 is 14.8 Å². The third-order valence-electron chi connectivity index (χ3n) is 6.23. The zero-order valence-corrected chi connectivity index (χ0v) is 20.2. The van der Waals surface area contributed by atoms with Crippen molar-refractivity contribution in [2.45, 2.75) is 51.0 Å². The molecule has 0 spiro atoms. The molecule has 1 amide bonds. The number of nitro groups is 1. The lowest BCUT2D eigenvalue weighted by molar-refractivity contribution is -0.385. The molecule has 37 heavy (non-hydrogen) atoms. The molecule has 0 aromatic heterocycles. The predicted molar refractivity (Wildman–Crippen MR) is 138 cm³/mol. The summed E-state index contributed by atoms with van der Waals surface area (Å²) in [6, 6.07) is 16.7. The molecule has 0 aliphatic heterocycles. The van der Waals surface area contributed by atoms with Crippen LogP contribution in [0.5, 0.6) is 17.2 Å². The van der Waals surface area contributed by atoms with Gasteiger partial charge in [0.05, 0.1) is 22.3 Å². The number of nitro benzene ring substituents is 1. The zero-order chi connectivity index (χ0) is 26.2. The van der Waals surface area contributed by atoms with Crippen LogP contribution in [0.3, 0.4) is 0 Å². The summed E-state index contributed by atoms with van der Waals surface area (Å²) in [4.78, 5) is 35.2. The van der Waals surface area contributed by atoms with Gasteiger partial charge in [-0.2, -0.15) is 0 Å². The second kappa shape index (κ2) is 12.0. The van der Waals surface area contributed by atoms with Crippen LogP contribution in [-0.2, 0) is 0 Å². The molecule has 192 valence electrons. The molecule has 1 aliphatic carbocycles. The normalized spacial score (nSPS) is 14.2. The Morgan fingerprint density at radius 2 is 1.54 bits per heavy atom. The molecule has 0 atom stereocenters. The number of hydrogen-bond acceptors (Lipinski definition) is 6. The molecule has 1 aliphatic rings. The van der Waals surface area contributed by atoms with E-state index in [1.54, 1.807) is 30.3 Å². The van der Waals surface area contributed by atoms with Crippen LogP contribution in [-0.4, -0.2) is 28.0 Å². The third-order valence-corrected chi connectivity index (χ3v) is 6.23. The Morgan fingerprint density at radius 1 is 0.892 bits per heavy atom. The van der Waals surface area contributed by atoms with Gasteiger partial charge >= 0.3 is 11.7 Å². The number of rotatable bonds is 8. The molecule has 1 saturated carbocycles. The molecule has 0 unspecified atom stereocenters. The first kappa shape index (κ1) is 25.7. The van der Waals surface area contributed by atoms with E-state index < -0.39 is 22.5 Å². The van der Waals surface area contributed by atoms with E-state index in [9.17, 15) is 24.8 Å². The molecule has 0 bridgehead atoms. The predicted octanol–water partition coefficient (Wildman–Crippen LogP) is 6.83. The van der Waals surface area contributed by atoms with Crippen LogP contribution in [0.1, 0.15) is 65.7 Å². The average Bonchev–Trinajstić information content (AvgIpc) is 2.87. The number of carbonyl (C=O) groups excluding carboxylic acids is 1. The number of anilines is 1. The lowest BCUT2D eigenvalue weighted by Crippen LogP contribution is -2.17. The molecule has 3 aromatic carbocycles. The summed E-state index contributed by atoms with van der Waals surface area (Å²) >= 11 is 0. The largest absolute Gasteiger partial charge is 0.490 e. The number of carboxylic acid groups (broad SMARTS) is 1. The second-order valence-corrected chi connectivity index (χ2v) is 8.90. The van der Waals surface area contributed by atoms with Gasteiger partial charge < -0.3 is 19.9 Å². The van der Waals surface area contributed by atoms with Crippen molar-refractivity contribution in [2.75, 3.05) is 5.32 Å². The fraction of sp³-hybridized carbons (Fsp3) is 0.286. The summed E-state index contributed by atoms with van der Waals surface area (Å²) in [5.41, 5.74) is -0.409. The molecule has 2 N–H and O–H groups in total. The Hall–Kier alpha value is -4.40. The summed E-state index contributed by atoms with van der Waals surface area (Å²) < 4.78 is 11.9. The number of benzene rings is 3. The van der Waals surface area contributed by atoms with Crippen molar-refractivity contribution in [3.63, 3.8) is 0 Å². The zero-order valence-electron chi connectivity index (χ0n) is 20.2. The van der Waals surface area contributed by atoms with E-state index >= 15 is 0 Å². The van der Waals surface area contributed by atoms with E-state index in [1.165, 1.54) is 49.6 Å². The minimum atomic E-state index is -1.20. The monoisotopic (exact) mass is 504 g/mol. The van der Waals surface area contributed by atoms with Gasteiger partial charge in [-0.1, -0.05) is 31.4 Å². The molecule has 4 rings (SSSR count). The number of carboxylic acids is 1. The summed E-state index contributed by atoms with van der Waals surface area (Å²) in [6.07, 6.45) is 8.34. The molecule has 0 heterocycles. The number of ether oxygens (including phenoxy) is 2. The number of aromatic carboxylic acids is 1. The molecule has 3 aromatic rings. The first-order valence-corrected chi connectivity index (χ1v) is 12.3. The maximum Gasteiger partial charge on any atom is 0.337 e. The van der Waals surface area contributed by atoms with Gasteiger partial charge in [0.1, 0.15) is 11.5 Å². The van der Waals surface area contributed by atoms with Crippen molar-refractivity contribution in [1.29, 1.82) is 0 Å². The van der Waals surface area contributed by atoms with Gasteiger partial charge in [-0.05, 0) is 74.2 Å². The number of nitrogens with one attached hydrogen (secondary N) is 1. The van der Waals surface area contributed by atoms with Crippen molar-refractivity contribution in [3.05, 3.63) is 88.0 Å². The number of carbonyl (C=O) groups is 2. The Balaban J connectivity index is 1.45. The molecule has 0 saturated heterocycles.